The van der Waals surface area contributed by atoms with Crippen LogP contribution in [0.15, 0.2) is 0 Å². The van der Waals surface area contributed by atoms with Crippen LogP contribution in [0.2, 0.25) is 0 Å². The molecular weight excluding hydrogens is 128 g/mol. The lowest BCUT2D eigenvalue weighted by atomic mass is 9.96. The van der Waals surface area contributed by atoms with Crippen molar-refractivity contribution in [2.45, 2.75) is 33.6 Å². The van der Waals surface area contributed by atoms with Crippen LogP contribution < -0.4 is 0 Å². The molecule has 0 radical (unpaired) electrons. The standard InChI is InChI=1S/C8H16O2/c1-6(2)4-7(3)5-8(9)10/h6-7H,4-5H2,1-3H3,(H,9,10)/t7-/m0/s1. The van der Waals surface area contributed by atoms with Gasteiger partial charge in [-0.05, 0) is 18.3 Å². The molecule has 2 nitrogen and oxygen atoms in total. The predicted molar refractivity (Wildman–Crippen MR) is 40.9 cm³/mol. The van der Waals surface area contributed by atoms with E-state index in [-0.39, 0.29) is 0 Å². The fraction of sp³-hybridized carbons (Fsp3) is 0.875. The Kier molecular flexibility index (Phi) is 4.08. The molecular formula is C8H16O2. The van der Waals surface area contributed by atoms with Crippen molar-refractivity contribution in [3.05, 3.63) is 0 Å². The number of carboxylic acid groups (broad SMARTS) is 1. The highest BCUT2D eigenvalue weighted by Gasteiger charge is 2.08. The molecule has 0 fully saturated rings. The van der Waals surface area contributed by atoms with E-state index in [4.69, 9.17) is 5.11 Å². The quantitative estimate of drug-likeness (QED) is 0.656. The molecule has 10 heavy (non-hydrogen) atoms. The molecule has 0 aliphatic heterocycles. The third-order valence-corrected chi connectivity index (χ3v) is 1.40. The average Bonchev–Trinajstić information content (AvgIpc) is 1.58. The van der Waals surface area contributed by atoms with Gasteiger partial charge in [-0.25, -0.2) is 0 Å². The predicted octanol–water partition coefficient (Wildman–Crippen LogP) is 2.14. The molecule has 0 amide bonds. The van der Waals surface area contributed by atoms with Crippen molar-refractivity contribution in [1.82, 2.24) is 0 Å². The summed E-state index contributed by atoms with van der Waals surface area (Å²) in [5, 5.41) is 8.40. The fourth-order valence-corrected chi connectivity index (χ4v) is 1.19. The maximum absolute atomic E-state index is 10.2. The topological polar surface area (TPSA) is 37.3 Å². The van der Waals surface area contributed by atoms with E-state index in [1.807, 2.05) is 6.92 Å². The first-order valence-electron chi connectivity index (χ1n) is 3.74. The second-order valence-corrected chi connectivity index (χ2v) is 3.33. The lowest BCUT2D eigenvalue weighted by molar-refractivity contribution is -0.138. The fourth-order valence-electron chi connectivity index (χ4n) is 1.19. The highest BCUT2D eigenvalue weighted by molar-refractivity contribution is 5.66. The van der Waals surface area contributed by atoms with Crippen LogP contribution in [0.3, 0.4) is 0 Å². The zero-order valence-corrected chi connectivity index (χ0v) is 6.92. The van der Waals surface area contributed by atoms with Gasteiger partial charge in [-0.15, -0.1) is 0 Å². The van der Waals surface area contributed by atoms with Gasteiger partial charge in [-0.2, -0.15) is 0 Å². The largest absolute Gasteiger partial charge is 0.481 e. The molecule has 0 heterocycles. The first-order valence-corrected chi connectivity index (χ1v) is 3.74. The molecule has 0 saturated heterocycles. The molecule has 0 rings (SSSR count). The second kappa shape index (κ2) is 4.31. The van der Waals surface area contributed by atoms with Crippen molar-refractivity contribution in [1.29, 1.82) is 0 Å². The smallest absolute Gasteiger partial charge is 0.303 e. The summed E-state index contributed by atoms with van der Waals surface area (Å²) in [5.41, 5.74) is 0. The Morgan fingerprint density at radius 1 is 1.40 bits per heavy atom. The van der Waals surface area contributed by atoms with Crippen molar-refractivity contribution >= 4 is 5.97 Å². The highest BCUT2D eigenvalue weighted by atomic mass is 16.4. The highest BCUT2D eigenvalue weighted by Crippen LogP contribution is 2.13. The summed E-state index contributed by atoms with van der Waals surface area (Å²) in [5.74, 6) is 0.236. The van der Waals surface area contributed by atoms with Gasteiger partial charge in [0.25, 0.3) is 0 Å². The molecule has 2 heteroatoms. The van der Waals surface area contributed by atoms with Crippen LogP contribution in [-0.2, 0) is 4.79 Å². The van der Waals surface area contributed by atoms with E-state index in [0.717, 1.165) is 6.42 Å². The Bertz CT molecular complexity index is 108. The Hall–Kier alpha value is -0.530. The summed E-state index contributed by atoms with van der Waals surface area (Å²) in [6.07, 6.45) is 1.31. The van der Waals surface area contributed by atoms with Crippen LogP contribution in [0, 0.1) is 11.8 Å². The summed E-state index contributed by atoms with van der Waals surface area (Å²) in [6, 6.07) is 0. The first kappa shape index (κ1) is 9.47. The zero-order chi connectivity index (χ0) is 8.15. The Labute approximate surface area is 62.2 Å². The van der Waals surface area contributed by atoms with E-state index in [1.165, 1.54) is 0 Å². The maximum Gasteiger partial charge on any atom is 0.303 e. The van der Waals surface area contributed by atoms with Crippen molar-refractivity contribution in [3.8, 4) is 0 Å². The van der Waals surface area contributed by atoms with Gasteiger partial charge < -0.3 is 5.11 Å². The normalized spacial score (nSPS) is 13.6. The third kappa shape index (κ3) is 5.60. The van der Waals surface area contributed by atoms with Crippen molar-refractivity contribution in [2.24, 2.45) is 11.8 Å². The molecule has 0 aliphatic carbocycles. The van der Waals surface area contributed by atoms with Crippen LogP contribution in [0.4, 0.5) is 0 Å². The average molecular weight is 144 g/mol. The van der Waals surface area contributed by atoms with E-state index in [1.54, 1.807) is 0 Å². The maximum atomic E-state index is 10.2. The monoisotopic (exact) mass is 144 g/mol. The summed E-state index contributed by atoms with van der Waals surface area (Å²) in [4.78, 5) is 10.2. The molecule has 0 aromatic heterocycles. The van der Waals surface area contributed by atoms with Gasteiger partial charge in [0.05, 0.1) is 0 Å². The number of carbonyl (C=O) groups is 1. The van der Waals surface area contributed by atoms with E-state index < -0.39 is 5.97 Å². The lowest BCUT2D eigenvalue weighted by Crippen LogP contribution is -2.06. The van der Waals surface area contributed by atoms with Gasteiger partial charge in [0.1, 0.15) is 0 Å². The summed E-state index contributed by atoms with van der Waals surface area (Å²) in [7, 11) is 0. The van der Waals surface area contributed by atoms with Gasteiger partial charge >= 0.3 is 5.97 Å². The van der Waals surface area contributed by atoms with Crippen LogP contribution >= 0.6 is 0 Å². The molecule has 0 aromatic rings. The van der Waals surface area contributed by atoms with Crippen molar-refractivity contribution < 1.29 is 9.90 Å². The van der Waals surface area contributed by atoms with Gasteiger partial charge in [0.15, 0.2) is 0 Å². The van der Waals surface area contributed by atoms with E-state index in [9.17, 15) is 4.79 Å². The molecule has 0 aromatic carbocycles. The van der Waals surface area contributed by atoms with Crippen molar-refractivity contribution in [3.63, 3.8) is 0 Å². The number of hydrogen-bond acceptors (Lipinski definition) is 1. The van der Waals surface area contributed by atoms with E-state index in [2.05, 4.69) is 13.8 Å². The minimum Gasteiger partial charge on any atom is -0.481 e. The molecule has 0 bridgehead atoms. The molecule has 1 atom stereocenters. The van der Waals surface area contributed by atoms with Crippen LogP contribution in [-0.4, -0.2) is 11.1 Å². The number of carboxylic acids is 1. The molecule has 0 spiro atoms. The van der Waals surface area contributed by atoms with Crippen LogP contribution in [0.5, 0.6) is 0 Å². The number of aliphatic carboxylic acids is 1. The van der Waals surface area contributed by atoms with Gasteiger partial charge in [-0.3, -0.25) is 4.79 Å². The molecule has 60 valence electrons. The minimum atomic E-state index is -0.687. The SMILES string of the molecule is CC(C)C[C@H](C)CC(=O)O. The van der Waals surface area contributed by atoms with Crippen molar-refractivity contribution in [2.75, 3.05) is 0 Å². The summed E-state index contributed by atoms with van der Waals surface area (Å²) < 4.78 is 0. The molecule has 0 aliphatic rings. The number of rotatable bonds is 4. The van der Waals surface area contributed by atoms with E-state index >= 15 is 0 Å². The van der Waals surface area contributed by atoms with Gasteiger partial charge in [-0.1, -0.05) is 20.8 Å². The second-order valence-electron chi connectivity index (χ2n) is 3.33. The Morgan fingerprint density at radius 2 is 1.90 bits per heavy atom. The van der Waals surface area contributed by atoms with E-state index in [0.29, 0.717) is 18.3 Å². The first-order chi connectivity index (χ1) is 4.52. The lowest BCUT2D eigenvalue weighted by Gasteiger charge is -2.10. The van der Waals surface area contributed by atoms with Gasteiger partial charge in [0.2, 0.25) is 0 Å². The molecule has 0 unspecified atom stereocenters. The number of hydrogen-bond donors (Lipinski definition) is 1. The van der Waals surface area contributed by atoms with Crippen LogP contribution in [0.1, 0.15) is 33.6 Å². The van der Waals surface area contributed by atoms with Crippen LogP contribution in [0.25, 0.3) is 0 Å². The summed E-state index contributed by atoms with van der Waals surface area (Å²) in [6.45, 7) is 6.20. The molecule has 1 N–H and O–H groups in total. The minimum absolute atomic E-state index is 0.304. The Balaban J connectivity index is 3.43. The Morgan fingerprint density at radius 3 is 2.20 bits per heavy atom. The third-order valence-electron chi connectivity index (χ3n) is 1.40. The molecule has 0 saturated carbocycles. The zero-order valence-electron chi connectivity index (χ0n) is 6.92. The van der Waals surface area contributed by atoms with Gasteiger partial charge in [0, 0.05) is 6.42 Å². The summed E-state index contributed by atoms with van der Waals surface area (Å²) >= 11 is 0.